The molecule has 0 atom stereocenters. The Kier molecular flexibility index (Phi) is 6.77. The monoisotopic (exact) mass is 537 g/mol. The number of nitrogens with zero attached hydrogens (tertiary/aromatic N) is 5. The van der Waals surface area contributed by atoms with Crippen LogP contribution < -0.4 is 9.47 Å². The van der Waals surface area contributed by atoms with Crippen LogP contribution in [-0.4, -0.2) is 48.8 Å². The summed E-state index contributed by atoms with van der Waals surface area (Å²) in [7, 11) is 0. The molecule has 0 radical (unpaired) electrons. The van der Waals surface area contributed by atoms with Crippen LogP contribution in [0.5, 0.6) is 11.5 Å². The summed E-state index contributed by atoms with van der Waals surface area (Å²) in [6.07, 6.45) is 5.98. The fourth-order valence-electron chi connectivity index (χ4n) is 4.59. The molecule has 0 spiro atoms. The number of pyridine rings is 1. The lowest BCUT2D eigenvalue weighted by Crippen LogP contribution is -2.07. The summed E-state index contributed by atoms with van der Waals surface area (Å²) < 4.78 is 46.1. The minimum atomic E-state index is -2.80. The summed E-state index contributed by atoms with van der Waals surface area (Å²) in [5.41, 5.74) is 4.69. The van der Waals surface area contributed by atoms with Gasteiger partial charge >= 0.3 is 12.5 Å². The van der Waals surface area contributed by atoms with E-state index < -0.39 is 12.5 Å². The number of fused-ring (bicyclic) bond motifs is 1. The summed E-state index contributed by atoms with van der Waals surface area (Å²) in [5.74, 6) is 0.0231. The van der Waals surface area contributed by atoms with E-state index in [0.29, 0.717) is 44.0 Å². The minimum absolute atomic E-state index is 0.00456. The summed E-state index contributed by atoms with van der Waals surface area (Å²) in [4.78, 5) is 16.5. The number of aryl methyl sites for hydroxylation is 2. The number of aromatic carboxylic acids is 1. The Labute approximate surface area is 221 Å². The van der Waals surface area contributed by atoms with E-state index in [9.17, 15) is 18.7 Å². The minimum Gasteiger partial charge on any atom is -0.492 e. The van der Waals surface area contributed by atoms with Gasteiger partial charge in [0.05, 0.1) is 41.7 Å². The second kappa shape index (κ2) is 10.2. The van der Waals surface area contributed by atoms with Gasteiger partial charge in [-0.25, -0.2) is 9.48 Å². The Bertz CT molecular complexity index is 1640. The Morgan fingerprint density at radius 3 is 2.28 bits per heavy atom. The molecule has 0 saturated heterocycles. The Morgan fingerprint density at radius 2 is 1.74 bits per heavy atom. The third-order valence-electron chi connectivity index (χ3n) is 6.20. The summed E-state index contributed by atoms with van der Waals surface area (Å²) in [6, 6.07) is 4.73. The normalized spacial score (nSPS) is 11.5. The highest BCUT2D eigenvalue weighted by molar-refractivity contribution is 5.97. The molecule has 39 heavy (non-hydrogen) atoms. The van der Waals surface area contributed by atoms with Crippen molar-refractivity contribution in [2.24, 2.45) is 0 Å². The van der Waals surface area contributed by atoms with E-state index in [1.807, 2.05) is 13.0 Å². The molecule has 1 N–H and O–H groups in total. The maximum absolute atomic E-state index is 13.3. The lowest BCUT2D eigenvalue weighted by molar-refractivity contribution is 0.0566. The van der Waals surface area contributed by atoms with E-state index in [4.69, 9.17) is 19.0 Å². The van der Waals surface area contributed by atoms with E-state index in [0.717, 1.165) is 11.1 Å². The number of carbonyl (C=O) groups is 1. The molecule has 0 aliphatic carbocycles. The average Bonchev–Trinajstić information content (AvgIpc) is 3.61. The first-order valence-corrected chi connectivity index (χ1v) is 12.2. The fraction of sp³-hybridized carbons (Fsp3) is 0.259. The van der Waals surface area contributed by atoms with Crippen LogP contribution in [0.25, 0.3) is 39.0 Å². The van der Waals surface area contributed by atoms with Crippen LogP contribution in [0.1, 0.15) is 42.2 Å². The molecule has 12 heteroatoms. The summed E-state index contributed by atoms with van der Waals surface area (Å²) in [6.45, 7) is 4.91. The standard InChI is InChI=1S/C27H25F2N5O5/c1-5-37-21-8-16(26(35)36)9-22(38-6-2)25(21)33-13-19(18-11-31-34(12-18)27(28)29)24-20(33)7-17(10-30-24)23-14(3)32-39-15(23)4/h7-13,27H,5-6H2,1-4H3,(H,35,36). The van der Waals surface area contributed by atoms with Gasteiger partial charge in [-0.3, -0.25) is 4.98 Å². The SMILES string of the molecule is CCOc1cc(C(=O)O)cc(OCC)c1-n1cc(-c2cnn(C(F)F)c2)c2ncc(-c3c(C)noc3C)cc21. The smallest absolute Gasteiger partial charge is 0.335 e. The van der Waals surface area contributed by atoms with Crippen molar-refractivity contribution >= 4 is 17.0 Å². The molecule has 4 aromatic heterocycles. The number of carboxylic acid groups (broad SMARTS) is 1. The number of rotatable bonds is 9. The van der Waals surface area contributed by atoms with Gasteiger partial charge in [0, 0.05) is 40.8 Å². The number of aromatic nitrogens is 5. The number of halogens is 2. The van der Waals surface area contributed by atoms with E-state index in [1.165, 1.54) is 24.5 Å². The molecule has 0 amide bonds. The van der Waals surface area contributed by atoms with Crippen LogP contribution in [0.15, 0.2) is 47.5 Å². The Hall–Kier alpha value is -4.74. The number of hydrogen-bond donors (Lipinski definition) is 1. The zero-order chi connectivity index (χ0) is 27.8. The number of hydrogen-bond acceptors (Lipinski definition) is 7. The van der Waals surface area contributed by atoms with Crippen molar-refractivity contribution in [1.29, 1.82) is 0 Å². The molecule has 0 fully saturated rings. The van der Waals surface area contributed by atoms with Gasteiger partial charge in [-0.15, -0.1) is 0 Å². The highest BCUT2D eigenvalue weighted by Gasteiger charge is 2.24. The van der Waals surface area contributed by atoms with Gasteiger partial charge in [-0.05, 0) is 45.9 Å². The maximum Gasteiger partial charge on any atom is 0.335 e. The summed E-state index contributed by atoms with van der Waals surface area (Å²) >= 11 is 0. The zero-order valence-electron chi connectivity index (χ0n) is 21.6. The van der Waals surface area contributed by atoms with Crippen molar-refractivity contribution in [3.63, 3.8) is 0 Å². The molecular formula is C27H25F2N5O5. The van der Waals surface area contributed by atoms with Gasteiger partial charge < -0.3 is 23.7 Å². The number of ether oxygens (including phenoxy) is 2. The van der Waals surface area contributed by atoms with E-state index >= 15 is 0 Å². The van der Waals surface area contributed by atoms with Crippen molar-refractivity contribution in [2.75, 3.05) is 13.2 Å². The maximum atomic E-state index is 13.3. The number of benzene rings is 1. The van der Waals surface area contributed by atoms with Gasteiger partial charge in [0.2, 0.25) is 0 Å². The lowest BCUT2D eigenvalue weighted by atomic mass is 10.1. The topological polar surface area (TPSA) is 117 Å². The van der Waals surface area contributed by atoms with Crippen LogP contribution in [0.2, 0.25) is 0 Å². The molecule has 0 unspecified atom stereocenters. The molecule has 10 nitrogen and oxygen atoms in total. The van der Waals surface area contributed by atoms with Gasteiger partial charge in [-0.1, -0.05) is 5.16 Å². The largest absolute Gasteiger partial charge is 0.492 e. The molecule has 5 rings (SSSR count). The predicted molar refractivity (Wildman–Crippen MR) is 138 cm³/mol. The summed E-state index contributed by atoms with van der Waals surface area (Å²) in [5, 5.41) is 17.5. The predicted octanol–water partition coefficient (Wildman–Crippen LogP) is 6.05. The van der Waals surface area contributed by atoms with Gasteiger partial charge in [0.25, 0.3) is 0 Å². The van der Waals surface area contributed by atoms with Crippen LogP contribution in [-0.2, 0) is 0 Å². The average molecular weight is 538 g/mol. The second-order valence-electron chi connectivity index (χ2n) is 8.68. The lowest BCUT2D eigenvalue weighted by Gasteiger charge is -2.18. The van der Waals surface area contributed by atoms with Crippen LogP contribution in [0.4, 0.5) is 8.78 Å². The van der Waals surface area contributed by atoms with Crippen LogP contribution in [0.3, 0.4) is 0 Å². The molecule has 1 aromatic carbocycles. The van der Waals surface area contributed by atoms with Crippen molar-refractivity contribution in [2.45, 2.75) is 34.2 Å². The molecule has 0 aliphatic rings. The fourth-order valence-corrected chi connectivity index (χ4v) is 4.59. The molecular weight excluding hydrogens is 512 g/mol. The molecule has 0 bridgehead atoms. The molecule has 4 heterocycles. The first-order valence-electron chi connectivity index (χ1n) is 12.2. The van der Waals surface area contributed by atoms with Gasteiger partial charge in [0.15, 0.2) is 0 Å². The van der Waals surface area contributed by atoms with Gasteiger partial charge in [0.1, 0.15) is 22.9 Å². The van der Waals surface area contributed by atoms with Crippen molar-refractivity contribution in [3.8, 4) is 39.4 Å². The van der Waals surface area contributed by atoms with E-state index in [-0.39, 0.29) is 30.3 Å². The van der Waals surface area contributed by atoms with E-state index in [2.05, 4.69) is 10.3 Å². The molecule has 5 aromatic rings. The number of carboxylic acids is 1. The molecule has 202 valence electrons. The molecule has 0 aliphatic heterocycles. The third-order valence-corrected chi connectivity index (χ3v) is 6.20. The highest BCUT2D eigenvalue weighted by atomic mass is 19.3. The van der Waals surface area contributed by atoms with Crippen molar-refractivity contribution in [1.82, 2.24) is 24.5 Å². The quantitative estimate of drug-likeness (QED) is 0.241. The highest BCUT2D eigenvalue weighted by Crippen LogP contribution is 2.41. The molecule has 0 saturated carbocycles. The van der Waals surface area contributed by atoms with Gasteiger partial charge in [-0.2, -0.15) is 13.9 Å². The van der Waals surface area contributed by atoms with Crippen molar-refractivity contribution in [3.05, 3.63) is 60.0 Å². The Morgan fingerprint density at radius 1 is 1.05 bits per heavy atom. The number of alkyl halides is 2. The zero-order valence-corrected chi connectivity index (χ0v) is 21.6. The van der Waals surface area contributed by atoms with Crippen LogP contribution in [0, 0.1) is 13.8 Å². The Balaban J connectivity index is 1.85. The van der Waals surface area contributed by atoms with Crippen LogP contribution >= 0.6 is 0 Å². The van der Waals surface area contributed by atoms with Crippen molar-refractivity contribution < 1.29 is 32.7 Å². The third kappa shape index (κ3) is 4.58. The first-order chi connectivity index (χ1) is 18.7. The first kappa shape index (κ1) is 25.9. The second-order valence-corrected chi connectivity index (χ2v) is 8.68. The van der Waals surface area contributed by atoms with E-state index in [1.54, 1.807) is 37.7 Å².